The lowest BCUT2D eigenvalue weighted by molar-refractivity contribution is -0.130. The highest BCUT2D eigenvalue weighted by molar-refractivity contribution is 7.09. The minimum atomic E-state index is 0.176. The van der Waals surface area contributed by atoms with Crippen LogP contribution in [0.2, 0.25) is 0 Å². The molecule has 128 valence electrons. The fraction of sp³-hybridized carbons (Fsp3) is 0.471. The number of hydrogen-bond acceptors (Lipinski definition) is 6. The molecule has 1 atom stereocenters. The molecule has 0 bridgehead atoms. The molecule has 0 unspecified atom stereocenters. The number of carbonyl (C=O) groups excluding carboxylic acids is 1. The van der Waals surface area contributed by atoms with E-state index in [0.29, 0.717) is 18.3 Å². The molecule has 0 spiro atoms. The molecule has 0 radical (unpaired) electrons. The van der Waals surface area contributed by atoms with Gasteiger partial charge in [-0.25, -0.2) is 9.97 Å². The standard InChI is InChI=1S/C17H23N5OS/c1-12-20-15(11-24-12)9-17(23)22-7-2-3-13(6-8-22)21-14-4-5-16(18)19-10-14/h4-5,10-11,13,21H,2-3,6-9H2,1H3,(H2,18,19)/t13-/m0/s1. The Balaban J connectivity index is 1.52. The summed E-state index contributed by atoms with van der Waals surface area (Å²) >= 11 is 1.59. The Hall–Kier alpha value is -2.15. The third-order valence-corrected chi connectivity index (χ3v) is 5.06. The molecule has 1 amide bonds. The topological polar surface area (TPSA) is 84.1 Å². The minimum Gasteiger partial charge on any atom is -0.384 e. The number of nitrogen functional groups attached to an aromatic ring is 1. The second kappa shape index (κ2) is 7.61. The van der Waals surface area contributed by atoms with Crippen LogP contribution in [0.25, 0.3) is 0 Å². The number of thiazole rings is 1. The first-order valence-electron chi connectivity index (χ1n) is 8.27. The number of carbonyl (C=O) groups is 1. The first kappa shape index (κ1) is 16.7. The third kappa shape index (κ3) is 4.44. The smallest absolute Gasteiger partial charge is 0.228 e. The maximum atomic E-state index is 12.5. The Morgan fingerprint density at radius 1 is 1.42 bits per heavy atom. The number of nitrogens with one attached hydrogen (secondary N) is 1. The van der Waals surface area contributed by atoms with Crippen molar-refractivity contribution in [3.63, 3.8) is 0 Å². The second-order valence-electron chi connectivity index (χ2n) is 6.16. The van der Waals surface area contributed by atoms with E-state index in [9.17, 15) is 4.79 Å². The van der Waals surface area contributed by atoms with Crippen LogP contribution in [0.3, 0.4) is 0 Å². The molecule has 0 aliphatic carbocycles. The summed E-state index contributed by atoms with van der Waals surface area (Å²) in [7, 11) is 0. The molecule has 24 heavy (non-hydrogen) atoms. The number of anilines is 2. The van der Waals surface area contributed by atoms with Gasteiger partial charge in [0, 0.05) is 24.5 Å². The molecule has 3 rings (SSSR count). The fourth-order valence-corrected chi connectivity index (χ4v) is 3.59. The van der Waals surface area contributed by atoms with E-state index in [4.69, 9.17) is 5.73 Å². The van der Waals surface area contributed by atoms with Gasteiger partial charge in [0.05, 0.1) is 29.0 Å². The Kier molecular flexibility index (Phi) is 5.30. The van der Waals surface area contributed by atoms with Crippen LogP contribution in [0, 0.1) is 6.92 Å². The molecule has 3 heterocycles. The van der Waals surface area contributed by atoms with E-state index < -0.39 is 0 Å². The highest BCUT2D eigenvalue weighted by atomic mass is 32.1. The average molecular weight is 345 g/mol. The van der Waals surface area contributed by atoms with Crippen LogP contribution in [-0.2, 0) is 11.2 Å². The monoisotopic (exact) mass is 345 g/mol. The number of amides is 1. The number of aromatic nitrogens is 2. The number of nitrogens with two attached hydrogens (primary N) is 1. The molecule has 3 N–H and O–H groups in total. The lowest BCUT2D eigenvalue weighted by atomic mass is 10.1. The minimum absolute atomic E-state index is 0.176. The summed E-state index contributed by atoms with van der Waals surface area (Å²) < 4.78 is 0. The van der Waals surface area contributed by atoms with Gasteiger partial charge in [-0.2, -0.15) is 0 Å². The molecule has 1 aliphatic heterocycles. The van der Waals surface area contributed by atoms with Crippen molar-refractivity contribution >= 4 is 28.7 Å². The lowest BCUT2D eigenvalue weighted by Gasteiger charge is -2.21. The Labute approximate surface area is 146 Å². The molecule has 1 fully saturated rings. The fourth-order valence-electron chi connectivity index (χ4n) is 2.97. The second-order valence-corrected chi connectivity index (χ2v) is 7.22. The van der Waals surface area contributed by atoms with Gasteiger partial charge in [-0.1, -0.05) is 0 Å². The van der Waals surface area contributed by atoms with Crippen LogP contribution < -0.4 is 11.1 Å². The van der Waals surface area contributed by atoms with Crippen LogP contribution in [0.5, 0.6) is 0 Å². The summed E-state index contributed by atoms with van der Waals surface area (Å²) in [5, 5.41) is 6.48. The molecular weight excluding hydrogens is 322 g/mol. The van der Waals surface area contributed by atoms with Crippen molar-refractivity contribution in [1.29, 1.82) is 0 Å². The molecule has 1 saturated heterocycles. The van der Waals surface area contributed by atoms with E-state index in [1.165, 1.54) is 0 Å². The van der Waals surface area contributed by atoms with E-state index in [0.717, 1.165) is 48.7 Å². The van der Waals surface area contributed by atoms with E-state index >= 15 is 0 Å². The number of likely N-dealkylation sites (tertiary alicyclic amines) is 1. The van der Waals surface area contributed by atoms with Gasteiger partial charge in [-0.15, -0.1) is 11.3 Å². The zero-order valence-electron chi connectivity index (χ0n) is 13.9. The summed E-state index contributed by atoms with van der Waals surface area (Å²) in [4.78, 5) is 22.9. The summed E-state index contributed by atoms with van der Waals surface area (Å²) in [6.45, 7) is 3.56. The van der Waals surface area contributed by atoms with E-state index in [1.54, 1.807) is 23.6 Å². The van der Waals surface area contributed by atoms with Crippen LogP contribution in [0.15, 0.2) is 23.7 Å². The van der Waals surface area contributed by atoms with Gasteiger partial charge in [-0.05, 0) is 38.3 Å². The zero-order chi connectivity index (χ0) is 16.9. The SMILES string of the molecule is Cc1nc(CC(=O)N2CCC[C@H](Nc3ccc(N)nc3)CC2)cs1. The van der Waals surface area contributed by atoms with Crippen molar-refractivity contribution < 1.29 is 4.79 Å². The number of pyridine rings is 1. The molecule has 6 nitrogen and oxygen atoms in total. The molecular formula is C17H23N5OS. The normalized spacial score (nSPS) is 18.2. The average Bonchev–Trinajstić information content (AvgIpc) is 2.83. The number of aryl methyl sites for hydroxylation is 1. The van der Waals surface area contributed by atoms with Crippen LogP contribution in [-0.4, -0.2) is 39.9 Å². The molecule has 7 heteroatoms. The van der Waals surface area contributed by atoms with Gasteiger partial charge in [0.1, 0.15) is 5.82 Å². The summed E-state index contributed by atoms with van der Waals surface area (Å²) in [6, 6.07) is 4.10. The molecule has 1 aliphatic rings. The predicted octanol–water partition coefficient (Wildman–Crippen LogP) is 2.46. The van der Waals surface area contributed by atoms with Gasteiger partial charge >= 0.3 is 0 Å². The van der Waals surface area contributed by atoms with Crippen molar-refractivity contribution in [3.05, 3.63) is 34.4 Å². The first-order chi connectivity index (χ1) is 11.6. The van der Waals surface area contributed by atoms with Gasteiger partial charge in [0.25, 0.3) is 0 Å². The van der Waals surface area contributed by atoms with Crippen LogP contribution in [0.4, 0.5) is 11.5 Å². The summed E-state index contributed by atoms with van der Waals surface area (Å²) in [6.07, 6.45) is 5.15. The molecule has 2 aromatic rings. The number of rotatable bonds is 4. The van der Waals surface area contributed by atoms with Gasteiger partial charge in [0.2, 0.25) is 5.91 Å². The third-order valence-electron chi connectivity index (χ3n) is 4.24. The van der Waals surface area contributed by atoms with Crippen molar-refractivity contribution in [2.24, 2.45) is 0 Å². The maximum absolute atomic E-state index is 12.5. The van der Waals surface area contributed by atoms with E-state index in [1.807, 2.05) is 23.3 Å². The van der Waals surface area contributed by atoms with Gasteiger partial charge in [0.15, 0.2) is 0 Å². The number of nitrogens with zero attached hydrogens (tertiary/aromatic N) is 3. The van der Waals surface area contributed by atoms with Crippen LogP contribution >= 0.6 is 11.3 Å². The largest absolute Gasteiger partial charge is 0.384 e. The lowest BCUT2D eigenvalue weighted by Crippen LogP contribution is -2.33. The zero-order valence-corrected chi connectivity index (χ0v) is 14.7. The molecule has 0 saturated carbocycles. The Morgan fingerprint density at radius 2 is 2.29 bits per heavy atom. The van der Waals surface area contributed by atoms with Crippen LogP contribution in [0.1, 0.15) is 30.0 Å². The first-order valence-corrected chi connectivity index (χ1v) is 9.15. The van der Waals surface area contributed by atoms with Crippen molar-refractivity contribution in [1.82, 2.24) is 14.9 Å². The molecule has 2 aromatic heterocycles. The van der Waals surface area contributed by atoms with Crippen molar-refractivity contribution in [2.75, 3.05) is 24.1 Å². The predicted molar refractivity (Wildman–Crippen MR) is 97.0 cm³/mol. The van der Waals surface area contributed by atoms with Crippen molar-refractivity contribution in [3.8, 4) is 0 Å². The Bertz CT molecular complexity index is 685. The van der Waals surface area contributed by atoms with Crippen molar-refractivity contribution in [2.45, 2.75) is 38.6 Å². The maximum Gasteiger partial charge on any atom is 0.228 e. The van der Waals surface area contributed by atoms with Gasteiger partial charge in [-0.3, -0.25) is 4.79 Å². The number of hydrogen-bond donors (Lipinski definition) is 2. The highest BCUT2D eigenvalue weighted by Gasteiger charge is 2.21. The van der Waals surface area contributed by atoms with Gasteiger partial charge < -0.3 is 16.0 Å². The summed E-state index contributed by atoms with van der Waals surface area (Å²) in [5.41, 5.74) is 7.48. The Morgan fingerprint density at radius 3 is 3.00 bits per heavy atom. The van der Waals surface area contributed by atoms with E-state index in [-0.39, 0.29) is 5.91 Å². The van der Waals surface area contributed by atoms with E-state index in [2.05, 4.69) is 15.3 Å². The quantitative estimate of drug-likeness (QED) is 0.889. The highest BCUT2D eigenvalue weighted by Crippen LogP contribution is 2.18. The summed E-state index contributed by atoms with van der Waals surface area (Å²) in [5.74, 6) is 0.700. The molecule has 0 aromatic carbocycles.